The maximum absolute atomic E-state index is 11.8. The smallest absolute Gasteiger partial charge is 0.228 e. The Morgan fingerprint density at radius 3 is 2.83 bits per heavy atom. The Morgan fingerprint density at radius 2 is 2.17 bits per heavy atom. The van der Waals surface area contributed by atoms with E-state index in [2.05, 4.69) is 10.3 Å². The molecule has 0 bridgehead atoms. The fraction of sp³-hybridized carbons (Fsp3) is 0.154. The number of amides is 1. The molecule has 0 aliphatic rings. The fourth-order valence-corrected chi connectivity index (χ4v) is 2.00. The van der Waals surface area contributed by atoms with Crippen molar-refractivity contribution in [1.82, 2.24) is 4.98 Å². The van der Waals surface area contributed by atoms with Crippen LogP contribution < -0.4 is 5.32 Å². The van der Waals surface area contributed by atoms with Gasteiger partial charge in [-0.15, -0.1) is 0 Å². The van der Waals surface area contributed by atoms with E-state index < -0.39 is 0 Å². The van der Waals surface area contributed by atoms with Gasteiger partial charge in [-0.3, -0.25) is 4.79 Å². The topological polar surface area (TPSA) is 44.9 Å². The van der Waals surface area contributed by atoms with Crippen LogP contribution >= 0.6 is 23.2 Å². The highest BCUT2D eigenvalue weighted by Crippen LogP contribution is 2.29. The molecular weight excluding hydrogens is 271 g/mol. The zero-order chi connectivity index (χ0) is 13.1. The van der Waals surface area contributed by atoms with Crippen LogP contribution in [0.4, 0.5) is 5.69 Å². The molecule has 18 heavy (non-hydrogen) atoms. The quantitative estimate of drug-likeness (QED) is 0.883. The number of hydrogen-bond acceptors (Lipinski definition) is 1. The van der Waals surface area contributed by atoms with Gasteiger partial charge in [-0.1, -0.05) is 29.3 Å². The predicted octanol–water partition coefficient (Wildman–Crippen LogP) is 3.81. The van der Waals surface area contributed by atoms with Crippen molar-refractivity contribution in [2.24, 2.45) is 0 Å². The van der Waals surface area contributed by atoms with E-state index in [-0.39, 0.29) is 5.91 Å². The molecule has 5 heteroatoms. The van der Waals surface area contributed by atoms with Crippen LogP contribution in [0.2, 0.25) is 10.0 Å². The number of rotatable bonds is 3. The minimum atomic E-state index is -0.127. The Bertz CT molecular complexity index is 578. The highest BCUT2D eigenvalue weighted by molar-refractivity contribution is 6.43. The number of carbonyl (C=O) groups excluding carboxylic acids is 1. The molecule has 0 saturated heterocycles. The summed E-state index contributed by atoms with van der Waals surface area (Å²) < 4.78 is 0. The summed E-state index contributed by atoms with van der Waals surface area (Å²) in [5, 5.41) is 3.52. The van der Waals surface area contributed by atoms with E-state index in [1.54, 1.807) is 18.2 Å². The van der Waals surface area contributed by atoms with Crippen LogP contribution in [0.1, 0.15) is 11.3 Å². The monoisotopic (exact) mass is 282 g/mol. The van der Waals surface area contributed by atoms with Crippen LogP contribution in [0, 0.1) is 6.92 Å². The molecule has 0 unspecified atom stereocenters. The van der Waals surface area contributed by atoms with Gasteiger partial charge in [-0.05, 0) is 30.7 Å². The summed E-state index contributed by atoms with van der Waals surface area (Å²) in [7, 11) is 0. The third-order valence-electron chi connectivity index (χ3n) is 2.48. The number of hydrogen-bond donors (Lipinski definition) is 2. The first-order chi connectivity index (χ1) is 8.56. The predicted molar refractivity (Wildman–Crippen MR) is 74.3 cm³/mol. The molecule has 0 aliphatic carbocycles. The van der Waals surface area contributed by atoms with Crippen molar-refractivity contribution in [2.45, 2.75) is 13.3 Å². The van der Waals surface area contributed by atoms with Gasteiger partial charge in [-0.25, -0.2) is 0 Å². The Labute approximate surface area is 115 Å². The van der Waals surface area contributed by atoms with Gasteiger partial charge < -0.3 is 10.3 Å². The van der Waals surface area contributed by atoms with Crippen LogP contribution in [-0.2, 0) is 11.2 Å². The fourth-order valence-electron chi connectivity index (χ4n) is 1.65. The summed E-state index contributed by atoms with van der Waals surface area (Å²) in [5.74, 6) is -0.127. The van der Waals surface area contributed by atoms with E-state index >= 15 is 0 Å². The van der Waals surface area contributed by atoms with Crippen molar-refractivity contribution in [1.29, 1.82) is 0 Å². The van der Waals surface area contributed by atoms with Crippen LogP contribution in [0.15, 0.2) is 30.5 Å². The standard InChI is InChI=1S/C13H12Cl2N2O/c1-8-5-9(7-16-8)6-12(18)17-11-4-2-3-10(14)13(11)15/h2-5,7,16H,6H2,1H3,(H,17,18). The third-order valence-corrected chi connectivity index (χ3v) is 3.30. The van der Waals surface area contributed by atoms with Gasteiger partial charge in [0.15, 0.2) is 0 Å². The molecule has 0 atom stereocenters. The molecule has 1 aromatic heterocycles. The van der Waals surface area contributed by atoms with Crippen LogP contribution in [-0.4, -0.2) is 10.9 Å². The van der Waals surface area contributed by atoms with E-state index in [4.69, 9.17) is 23.2 Å². The molecule has 0 spiro atoms. The lowest BCUT2D eigenvalue weighted by Crippen LogP contribution is -2.14. The van der Waals surface area contributed by atoms with Crippen molar-refractivity contribution < 1.29 is 4.79 Å². The molecule has 1 heterocycles. The van der Waals surface area contributed by atoms with Crippen molar-refractivity contribution in [2.75, 3.05) is 5.32 Å². The summed E-state index contributed by atoms with van der Waals surface area (Å²) >= 11 is 11.9. The number of benzene rings is 1. The minimum absolute atomic E-state index is 0.127. The molecule has 2 aromatic rings. The third kappa shape index (κ3) is 3.06. The molecule has 1 amide bonds. The van der Waals surface area contributed by atoms with Crippen molar-refractivity contribution in [3.05, 3.63) is 51.8 Å². The number of nitrogens with one attached hydrogen (secondary N) is 2. The second-order valence-corrected chi connectivity index (χ2v) is 4.80. The maximum Gasteiger partial charge on any atom is 0.228 e. The average Bonchev–Trinajstić information content (AvgIpc) is 2.70. The minimum Gasteiger partial charge on any atom is -0.365 e. The van der Waals surface area contributed by atoms with E-state index in [0.717, 1.165) is 11.3 Å². The molecular formula is C13H12Cl2N2O. The van der Waals surface area contributed by atoms with Gasteiger partial charge in [0, 0.05) is 11.9 Å². The molecule has 0 aliphatic heterocycles. The van der Waals surface area contributed by atoms with Crippen LogP contribution in [0.25, 0.3) is 0 Å². The van der Waals surface area contributed by atoms with Gasteiger partial charge in [0.2, 0.25) is 5.91 Å². The average molecular weight is 283 g/mol. The normalized spacial score (nSPS) is 10.4. The summed E-state index contributed by atoms with van der Waals surface area (Å²) in [6, 6.07) is 7.06. The number of aryl methyl sites for hydroxylation is 1. The van der Waals surface area contributed by atoms with Crippen molar-refractivity contribution in [3.63, 3.8) is 0 Å². The molecule has 0 fully saturated rings. The van der Waals surface area contributed by atoms with Gasteiger partial charge in [-0.2, -0.15) is 0 Å². The SMILES string of the molecule is Cc1cc(CC(=O)Nc2cccc(Cl)c2Cl)c[nH]1. The van der Waals surface area contributed by atoms with Gasteiger partial charge in [0.05, 0.1) is 22.2 Å². The van der Waals surface area contributed by atoms with Gasteiger partial charge in [0.1, 0.15) is 0 Å². The first-order valence-corrected chi connectivity index (χ1v) is 6.19. The summed E-state index contributed by atoms with van der Waals surface area (Å²) in [5.41, 5.74) is 2.49. The van der Waals surface area contributed by atoms with E-state index in [9.17, 15) is 4.79 Å². The molecule has 94 valence electrons. The molecule has 0 radical (unpaired) electrons. The molecule has 1 aromatic carbocycles. The largest absolute Gasteiger partial charge is 0.365 e. The van der Waals surface area contributed by atoms with Gasteiger partial charge in [0.25, 0.3) is 0 Å². The first kappa shape index (κ1) is 13.0. The maximum atomic E-state index is 11.8. The molecule has 3 nitrogen and oxygen atoms in total. The lowest BCUT2D eigenvalue weighted by Gasteiger charge is -2.07. The Balaban J connectivity index is 2.05. The second kappa shape index (κ2) is 5.46. The summed E-state index contributed by atoms with van der Waals surface area (Å²) in [6.07, 6.45) is 2.11. The number of aromatic nitrogens is 1. The van der Waals surface area contributed by atoms with Gasteiger partial charge >= 0.3 is 0 Å². The Kier molecular flexibility index (Phi) is 3.94. The van der Waals surface area contributed by atoms with Crippen molar-refractivity contribution >= 4 is 34.8 Å². The summed E-state index contributed by atoms with van der Waals surface area (Å²) in [4.78, 5) is 14.9. The number of H-pyrrole nitrogens is 1. The number of anilines is 1. The Hall–Kier alpha value is -1.45. The highest BCUT2D eigenvalue weighted by atomic mass is 35.5. The lowest BCUT2D eigenvalue weighted by atomic mass is 10.2. The zero-order valence-electron chi connectivity index (χ0n) is 9.76. The summed E-state index contributed by atoms with van der Waals surface area (Å²) in [6.45, 7) is 1.94. The van der Waals surface area contributed by atoms with E-state index in [0.29, 0.717) is 22.2 Å². The number of carbonyl (C=O) groups is 1. The lowest BCUT2D eigenvalue weighted by molar-refractivity contribution is -0.115. The second-order valence-electron chi connectivity index (χ2n) is 4.02. The van der Waals surface area contributed by atoms with Crippen molar-refractivity contribution in [3.8, 4) is 0 Å². The molecule has 0 saturated carbocycles. The van der Waals surface area contributed by atoms with E-state index in [1.807, 2.05) is 19.2 Å². The zero-order valence-corrected chi connectivity index (χ0v) is 11.3. The molecule has 2 rings (SSSR count). The Morgan fingerprint density at radius 1 is 1.39 bits per heavy atom. The molecule has 2 N–H and O–H groups in total. The number of halogens is 2. The first-order valence-electron chi connectivity index (χ1n) is 5.44. The highest BCUT2D eigenvalue weighted by Gasteiger charge is 2.09. The van der Waals surface area contributed by atoms with Crippen LogP contribution in [0.5, 0.6) is 0 Å². The van der Waals surface area contributed by atoms with E-state index in [1.165, 1.54) is 0 Å². The number of aromatic amines is 1. The van der Waals surface area contributed by atoms with Crippen LogP contribution in [0.3, 0.4) is 0 Å².